The molecule has 1 aromatic heterocycles. The first-order valence-corrected chi connectivity index (χ1v) is 9.09. The molecule has 0 aliphatic rings. The zero-order valence-corrected chi connectivity index (χ0v) is 16.0. The van der Waals surface area contributed by atoms with Crippen LogP contribution in [0.15, 0.2) is 48.5 Å². The quantitative estimate of drug-likeness (QED) is 0.678. The number of hydrogen-bond donors (Lipinski definition) is 2. The summed E-state index contributed by atoms with van der Waals surface area (Å²) in [7, 11) is 1.49. The first-order valence-electron chi connectivity index (χ1n) is 8.27. The molecule has 0 saturated carbocycles. The molecule has 2 aromatic carbocycles. The van der Waals surface area contributed by atoms with Gasteiger partial charge in [-0.1, -0.05) is 42.0 Å². The molecule has 3 aromatic rings. The molecule has 6 nitrogen and oxygen atoms in total. The van der Waals surface area contributed by atoms with E-state index in [1.165, 1.54) is 18.4 Å². The Bertz CT molecular complexity index is 983. The molecule has 7 heteroatoms. The average Bonchev–Trinajstić information content (AvgIpc) is 3.08. The molecule has 27 heavy (non-hydrogen) atoms. The maximum absolute atomic E-state index is 12.5. The van der Waals surface area contributed by atoms with E-state index in [1.54, 1.807) is 19.1 Å². The summed E-state index contributed by atoms with van der Waals surface area (Å²) < 4.78 is 5.20. The van der Waals surface area contributed by atoms with E-state index in [-0.39, 0.29) is 0 Å². The Morgan fingerprint density at radius 3 is 2.41 bits per heavy atom. The highest BCUT2D eigenvalue weighted by Crippen LogP contribution is 2.27. The lowest BCUT2D eigenvalue weighted by Gasteiger charge is -2.10. The third-order valence-electron chi connectivity index (χ3n) is 3.91. The van der Waals surface area contributed by atoms with E-state index >= 15 is 0 Å². The third kappa shape index (κ3) is 4.15. The van der Waals surface area contributed by atoms with Crippen LogP contribution in [-0.2, 0) is 0 Å². The van der Waals surface area contributed by atoms with Gasteiger partial charge in [-0.15, -0.1) is 11.3 Å². The first kappa shape index (κ1) is 18.6. The van der Waals surface area contributed by atoms with E-state index in [0.29, 0.717) is 21.9 Å². The smallest absolute Gasteiger partial charge is 0.281 e. The number of hydrazine groups is 1. The molecule has 0 radical (unpaired) electrons. The highest BCUT2D eigenvalue weighted by Gasteiger charge is 2.18. The van der Waals surface area contributed by atoms with Crippen LogP contribution in [0.25, 0.3) is 10.6 Å². The number of methoxy groups -OCH3 is 1. The van der Waals surface area contributed by atoms with Crippen molar-refractivity contribution in [3.05, 3.63) is 70.2 Å². The Morgan fingerprint density at radius 2 is 1.70 bits per heavy atom. The molecule has 0 unspecified atom stereocenters. The van der Waals surface area contributed by atoms with Crippen molar-refractivity contribution in [1.29, 1.82) is 0 Å². The molecule has 3 rings (SSSR count). The van der Waals surface area contributed by atoms with Gasteiger partial charge in [0.1, 0.15) is 15.6 Å². The minimum Gasteiger partial charge on any atom is -0.496 e. The highest BCUT2D eigenvalue weighted by molar-refractivity contribution is 7.17. The van der Waals surface area contributed by atoms with Gasteiger partial charge in [-0.3, -0.25) is 20.4 Å². The van der Waals surface area contributed by atoms with Crippen molar-refractivity contribution in [2.24, 2.45) is 0 Å². The molecule has 0 aliphatic carbocycles. The van der Waals surface area contributed by atoms with Gasteiger partial charge in [0, 0.05) is 5.56 Å². The predicted molar refractivity (Wildman–Crippen MR) is 105 cm³/mol. The number of carbonyl (C=O) groups is 2. The molecule has 138 valence electrons. The molecular formula is C20H19N3O3S. The van der Waals surface area contributed by atoms with Gasteiger partial charge in [0.05, 0.1) is 18.4 Å². The number of rotatable bonds is 4. The van der Waals surface area contributed by atoms with Gasteiger partial charge in [0.15, 0.2) is 0 Å². The molecule has 0 spiro atoms. The molecule has 0 aliphatic heterocycles. The van der Waals surface area contributed by atoms with Gasteiger partial charge in [0.2, 0.25) is 0 Å². The largest absolute Gasteiger partial charge is 0.496 e. The lowest BCUT2D eigenvalue weighted by molar-refractivity contribution is 0.0846. The van der Waals surface area contributed by atoms with Crippen LogP contribution in [0.3, 0.4) is 0 Å². The summed E-state index contributed by atoms with van der Waals surface area (Å²) in [5, 5.41) is 0.755. The number of nitrogens with one attached hydrogen (secondary N) is 2. The maximum Gasteiger partial charge on any atom is 0.281 e. The van der Waals surface area contributed by atoms with E-state index in [0.717, 1.165) is 16.1 Å². The molecule has 2 amide bonds. The Kier molecular flexibility index (Phi) is 5.52. The Balaban J connectivity index is 1.72. The van der Waals surface area contributed by atoms with Gasteiger partial charge >= 0.3 is 0 Å². The van der Waals surface area contributed by atoms with Crippen LogP contribution in [0.4, 0.5) is 0 Å². The van der Waals surface area contributed by atoms with E-state index in [2.05, 4.69) is 15.8 Å². The van der Waals surface area contributed by atoms with E-state index in [9.17, 15) is 9.59 Å². The van der Waals surface area contributed by atoms with E-state index < -0.39 is 11.8 Å². The monoisotopic (exact) mass is 381 g/mol. The lowest BCUT2D eigenvalue weighted by Crippen LogP contribution is -2.41. The van der Waals surface area contributed by atoms with Gasteiger partial charge in [0.25, 0.3) is 11.8 Å². The molecule has 0 atom stereocenters. The summed E-state index contributed by atoms with van der Waals surface area (Å²) in [6.45, 7) is 3.64. The number of aromatic nitrogens is 1. The summed E-state index contributed by atoms with van der Waals surface area (Å²) >= 11 is 1.28. The van der Waals surface area contributed by atoms with Crippen molar-refractivity contribution in [3.8, 4) is 16.3 Å². The van der Waals surface area contributed by atoms with Crippen molar-refractivity contribution in [1.82, 2.24) is 15.8 Å². The zero-order chi connectivity index (χ0) is 19.4. The summed E-state index contributed by atoms with van der Waals surface area (Å²) in [4.78, 5) is 29.8. The van der Waals surface area contributed by atoms with Crippen LogP contribution in [0, 0.1) is 13.8 Å². The number of aryl methyl sites for hydroxylation is 2. The minimum absolute atomic E-state index is 0.351. The number of carbonyl (C=O) groups excluding carboxylic acids is 2. The number of thiazole rings is 1. The lowest BCUT2D eigenvalue weighted by atomic mass is 10.1. The van der Waals surface area contributed by atoms with Crippen LogP contribution in [0.1, 0.15) is 31.3 Å². The molecule has 1 heterocycles. The number of ether oxygens (including phenoxy) is 1. The highest BCUT2D eigenvalue weighted by atomic mass is 32.1. The van der Waals surface area contributed by atoms with Gasteiger partial charge < -0.3 is 4.74 Å². The second-order valence-corrected chi connectivity index (χ2v) is 6.91. The summed E-state index contributed by atoms with van der Waals surface area (Å²) in [6, 6.07) is 14.9. The number of nitrogens with zero attached hydrogens (tertiary/aromatic N) is 1. The molecule has 0 fully saturated rings. The number of amides is 2. The van der Waals surface area contributed by atoms with Gasteiger partial charge in [-0.2, -0.15) is 0 Å². The van der Waals surface area contributed by atoms with Crippen molar-refractivity contribution in [2.75, 3.05) is 7.11 Å². The SMILES string of the molecule is COc1ccc(C)cc1C(=O)NNC(=O)c1sc(-c2ccccc2)nc1C. The maximum atomic E-state index is 12.5. The van der Waals surface area contributed by atoms with Crippen LogP contribution < -0.4 is 15.6 Å². The van der Waals surface area contributed by atoms with Gasteiger partial charge in [-0.25, -0.2) is 4.98 Å². The van der Waals surface area contributed by atoms with E-state index in [4.69, 9.17) is 4.74 Å². The normalized spacial score (nSPS) is 10.3. The standard InChI is InChI=1S/C20H19N3O3S/c1-12-9-10-16(26-3)15(11-12)18(24)22-23-19(25)17-13(2)21-20(27-17)14-7-5-4-6-8-14/h4-11H,1-3H3,(H,22,24)(H,23,25). The second-order valence-electron chi connectivity index (χ2n) is 5.91. The predicted octanol–water partition coefficient (Wildman–Crippen LogP) is 3.51. The minimum atomic E-state index is -0.450. The molecule has 0 bridgehead atoms. The van der Waals surface area contributed by atoms with Crippen LogP contribution in [-0.4, -0.2) is 23.9 Å². The van der Waals surface area contributed by atoms with Crippen LogP contribution >= 0.6 is 11.3 Å². The van der Waals surface area contributed by atoms with Crippen molar-refractivity contribution in [3.63, 3.8) is 0 Å². The molecule has 0 saturated heterocycles. The number of hydrogen-bond acceptors (Lipinski definition) is 5. The number of benzene rings is 2. The fourth-order valence-electron chi connectivity index (χ4n) is 2.55. The fourth-order valence-corrected chi connectivity index (χ4v) is 3.52. The average molecular weight is 381 g/mol. The van der Waals surface area contributed by atoms with Crippen molar-refractivity contribution >= 4 is 23.2 Å². The fraction of sp³-hybridized carbons (Fsp3) is 0.150. The summed E-state index contributed by atoms with van der Waals surface area (Å²) in [6.07, 6.45) is 0. The summed E-state index contributed by atoms with van der Waals surface area (Å²) in [5.41, 5.74) is 7.70. The van der Waals surface area contributed by atoms with Crippen LogP contribution in [0.5, 0.6) is 5.75 Å². The molecular weight excluding hydrogens is 362 g/mol. The Labute approximate surface area is 161 Å². The van der Waals surface area contributed by atoms with Gasteiger partial charge in [-0.05, 0) is 26.0 Å². The van der Waals surface area contributed by atoms with Crippen molar-refractivity contribution in [2.45, 2.75) is 13.8 Å². The van der Waals surface area contributed by atoms with Crippen molar-refractivity contribution < 1.29 is 14.3 Å². The van der Waals surface area contributed by atoms with Crippen LogP contribution in [0.2, 0.25) is 0 Å². The Hall–Kier alpha value is -3.19. The third-order valence-corrected chi connectivity index (χ3v) is 5.12. The first-order chi connectivity index (χ1) is 13.0. The second kappa shape index (κ2) is 8.01. The zero-order valence-electron chi connectivity index (χ0n) is 15.2. The van der Waals surface area contributed by atoms with E-state index in [1.807, 2.05) is 43.3 Å². The summed E-state index contributed by atoms with van der Waals surface area (Å²) in [5.74, 6) is -0.422. The topological polar surface area (TPSA) is 80.3 Å². The molecule has 2 N–H and O–H groups in total. The Morgan fingerprint density at radius 1 is 1.00 bits per heavy atom.